The van der Waals surface area contributed by atoms with E-state index in [-0.39, 0.29) is 18.4 Å². The summed E-state index contributed by atoms with van der Waals surface area (Å²) < 4.78 is 10.2. The molecule has 2 aromatic rings. The van der Waals surface area contributed by atoms with E-state index in [1.54, 1.807) is 6.07 Å². The summed E-state index contributed by atoms with van der Waals surface area (Å²) >= 11 is 0. The Morgan fingerprint density at radius 1 is 1.19 bits per heavy atom. The van der Waals surface area contributed by atoms with Crippen LogP contribution in [0.5, 0.6) is 5.75 Å². The molecule has 2 aromatic carbocycles. The number of nitrogens with one attached hydrogen (secondary N) is 2. The Bertz CT molecular complexity index is 805. The van der Waals surface area contributed by atoms with Crippen molar-refractivity contribution >= 4 is 28.3 Å². The lowest BCUT2D eigenvalue weighted by molar-refractivity contribution is -0.142. The lowest BCUT2D eigenvalue weighted by Crippen LogP contribution is -2.40. The molecule has 1 aliphatic heterocycles. The zero-order chi connectivity index (χ0) is 18.5. The van der Waals surface area contributed by atoms with Crippen molar-refractivity contribution in [1.29, 1.82) is 0 Å². The Kier molecular flexibility index (Phi) is 5.73. The van der Waals surface area contributed by atoms with Crippen molar-refractivity contribution in [2.24, 2.45) is 5.92 Å². The summed E-state index contributed by atoms with van der Waals surface area (Å²) in [5.74, 6) is 0.206. The van der Waals surface area contributed by atoms with Gasteiger partial charge in [0.05, 0.1) is 7.11 Å². The lowest BCUT2D eigenvalue weighted by Gasteiger charge is -2.27. The van der Waals surface area contributed by atoms with E-state index in [1.807, 2.05) is 30.3 Å². The number of anilines is 1. The lowest BCUT2D eigenvalue weighted by atomic mass is 9.92. The van der Waals surface area contributed by atoms with Crippen LogP contribution in [-0.2, 0) is 14.3 Å². The molecule has 2 atom stereocenters. The highest BCUT2D eigenvalue weighted by Gasteiger charge is 2.25. The van der Waals surface area contributed by atoms with Gasteiger partial charge < -0.3 is 20.1 Å². The van der Waals surface area contributed by atoms with Gasteiger partial charge in [-0.25, -0.2) is 4.79 Å². The van der Waals surface area contributed by atoms with Gasteiger partial charge in [-0.3, -0.25) is 4.79 Å². The van der Waals surface area contributed by atoms with E-state index in [2.05, 4.69) is 22.3 Å². The minimum Gasteiger partial charge on any atom is -0.481 e. The number of ether oxygens (including phenoxy) is 2. The number of esters is 1. The van der Waals surface area contributed by atoms with Crippen molar-refractivity contribution < 1.29 is 19.1 Å². The maximum atomic E-state index is 12.7. The second-order valence-corrected chi connectivity index (χ2v) is 6.59. The first-order valence-electron chi connectivity index (χ1n) is 8.84. The normalized spacial score (nSPS) is 19.8. The molecular formula is C20H24N2O4. The number of rotatable bonds is 5. The molecule has 138 valence electrons. The number of carbonyl (C=O) groups excluding carboxylic acids is 2. The van der Waals surface area contributed by atoms with Gasteiger partial charge in [-0.15, -0.1) is 0 Å². The van der Waals surface area contributed by atoms with Crippen LogP contribution in [0.25, 0.3) is 10.8 Å². The highest BCUT2D eigenvalue weighted by Crippen LogP contribution is 2.32. The summed E-state index contributed by atoms with van der Waals surface area (Å²) in [6.45, 7) is 2.81. The van der Waals surface area contributed by atoms with Crippen LogP contribution in [0.1, 0.15) is 19.8 Å². The molecule has 26 heavy (non-hydrogen) atoms. The molecule has 1 saturated heterocycles. The highest BCUT2D eigenvalue weighted by atomic mass is 16.6. The third-order valence-electron chi connectivity index (χ3n) is 4.71. The number of carbonyl (C=O) groups is 2. The molecule has 3 rings (SSSR count). The molecule has 6 heteroatoms. The average molecular weight is 356 g/mol. The Morgan fingerprint density at radius 2 is 1.96 bits per heavy atom. The first-order valence-corrected chi connectivity index (χ1v) is 8.84. The molecule has 0 aromatic heterocycles. The summed E-state index contributed by atoms with van der Waals surface area (Å²) in [5, 5.41) is 8.15. The molecule has 0 aliphatic carbocycles. The van der Waals surface area contributed by atoms with E-state index in [1.165, 1.54) is 7.11 Å². The summed E-state index contributed by atoms with van der Waals surface area (Å²) in [7, 11) is 1.32. The van der Waals surface area contributed by atoms with Crippen molar-refractivity contribution in [2.75, 3.05) is 25.6 Å². The van der Waals surface area contributed by atoms with Gasteiger partial charge in [-0.2, -0.15) is 0 Å². The fourth-order valence-corrected chi connectivity index (χ4v) is 3.31. The number of piperidine rings is 1. The van der Waals surface area contributed by atoms with Crippen LogP contribution in [0.15, 0.2) is 36.4 Å². The predicted octanol–water partition coefficient (Wildman–Crippen LogP) is 2.72. The quantitative estimate of drug-likeness (QED) is 0.806. The van der Waals surface area contributed by atoms with Crippen molar-refractivity contribution in [1.82, 2.24) is 5.32 Å². The number of fused-ring (bicyclic) bond motifs is 1. The molecule has 1 fully saturated rings. The van der Waals surface area contributed by atoms with E-state index in [0.717, 1.165) is 35.8 Å². The second kappa shape index (κ2) is 8.19. The van der Waals surface area contributed by atoms with Crippen LogP contribution in [0.3, 0.4) is 0 Å². The third kappa shape index (κ3) is 4.14. The molecule has 0 radical (unpaired) electrons. The van der Waals surface area contributed by atoms with Gasteiger partial charge in [0, 0.05) is 28.4 Å². The summed E-state index contributed by atoms with van der Waals surface area (Å²) in [6, 6.07) is 11.6. The molecule has 2 N–H and O–H groups in total. The second-order valence-electron chi connectivity index (χ2n) is 6.59. The standard InChI is InChI=1S/C20H24N2O4/c1-13-11-14(9-10-21-13)20(24)22-17-7-8-18(26-12-19(23)25-2)16-6-4-3-5-15(16)17/h3-8,13-14,21H,9-12H2,1-2H3,(H,22,24)/t13-,14-/m0/s1. The smallest absolute Gasteiger partial charge is 0.343 e. The highest BCUT2D eigenvalue weighted by molar-refractivity contribution is 6.04. The molecule has 0 spiro atoms. The molecular weight excluding hydrogens is 332 g/mol. The van der Waals surface area contributed by atoms with E-state index < -0.39 is 5.97 Å². The number of hydrogen-bond donors (Lipinski definition) is 2. The van der Waals surface area contributed by atoms with Gasteiger partial charge in [0.2, 0.25) is 5.91 Å². The molecule has 1 aliphatic rings. The van der Waals surface area contributed by atoms with E-state index in [4.69, 9.17) is 4.74 Å². The van der Waals surface area contributed by atoms with Gasteiger partial charge in [0.1, 0.15) is 5.75 Å². The van der Waals surface area contributed by atoms with Crippen molar-refractivity contribution in [2.45, 2.75) is 25.8 Å². The average Bonchev–Trinajstić information content (AvgIpc) is 2.67. The number of benzene rings is 2. The summed E-state index contributed by atoms with van der Waals surface area (Å²) in [6.07, 6.45) is 1.68. The van der Waals surface area contributed by atoms with Crippen molar-refractivity contribution in [3.63, 3.8) is 0 Å². The Balaban J connectivity index is 1.81. The van der Waals surface area contributed by atoms with Crippen LogP contribution >= 0.6 is 0 Å². The number of amides is 1. The van der Waals surface area contributed by atoms with Crippen LogP contribution in [0, 0.1) is 5.92 Å². The summed E-state index contributed by atoms with van der Waals surface area (Å²) in [4.78, 5) is 24.0. The maximum Gasteiger partial charge on any atom is 0.343 e. The van der Waals surface area contributed by atoms with Crippen molar-refractivity contribution in [3.8, 4) is 5.75 Å². The zero-order valence-electron chi connectivity index (χ0n) is 15.1. The van der Waals surface area contributed by atoms with E-state index in [0.29, 0.717) is 11.8 Å². The Morgan fingerprint density at radius 3 is 2.69 bits per heavy atom. The largest absolute Gasteiger partial charge is 0.481 e. The molecule has 1 amide bonds. The van der Waals surface area contributed by atoms with Gasteiger partial charge >= 0.3 is 5.97 Å². The van der Waals surface area contributed by atoms with Gasteiger partial charge in [-0.1, -0.05) is 24.3 Å². The van der Waals surface area contributed by atoms with Crippen LogP contribution < -0.4 is 15.4 Å². The van der Waals surface area contributed by atoms with Crippen LogP contribution in [-0.4, -0.2) is 38.2 Å². The van der Waals surface area contributed by atoms with Crippen LogP contribution in [0.2, 0.25) is 0 Å². The van der Waals surface area contributed by atoms with Crippen LogP contribution in [0.4, 0.5) is 5.69 Å². The van der Waals surface area contributed by atoms with E-state index in [9.17, 15) is 9.59 Å². The van der Waals surface area contributed by atoms with Gasteiger partial charge in [-0.05, 0) is 38.4 Å². The monoisotopic (exact) mass is 356 g/mol. The first-order chi connectivity index (χ1) is 12.6. The van der Waals surface area contributed by atoms with E-state index >= 15 is 0 Å². The Hall–Kier alpha value is -2.60. The fraction of sp³-hybridized carbons (Fsp3) is 0.400. The molecule has 1 heterocycles. The minimum atomic E-state index is -0.438. The first kappa shape index (κ1) is 18.2. The Labute approximate surface area is 152 Å². The summed E-state index contributed by atoms with van der Waals surface area (Å²) in [5.41, 5.74) is 0.752. The molecule has 0 unspecified atom stereocenters. The molecule has 6 nitrogen and oxygen atoms in total. The van der Waals surface area contributed by atoms with Gasteiger partial charge in [0.25, 0.3) is 0 Å². The fourth-order valence-electron chi connectivity index (χ4n) is 3.31. The molecule has 0 saturated carbocycles. The SMILES string of the molecule is COC(=O)COc1ccc(NC(=O)[C@H]2CCN[C@@H](C)C2)c2ccccc12. The molecule has 0 bridgehead atoms. The maximum absolute atomic E-state index is 12.7. The predicted molar refractivity (Wildman–Crippen MR) is 100 cm³/mol. The topological polar surface area (TPSA) is 76.7 Å². The third-order valence-corrected chi connectivity index (χ3v) is 4.71. The number of hydrogen-bond acceptors (Lipinski definition) is 5. The van der Waals surface area contributed by atoms with Crippen molar-refractivity contribution in [3.05, 3.63) is 36.4 Å². The minimum absolute atomic E-state index is 0.0141. The zero-order valence-corrected chi connectivity index (χ0v) is 15.1. The van der Waals surface area contributed by atoms with Gasteiger partial charge in [0.15, 0.2) is 6.61 Å². The number of methoxy groups -OCH3 is 1.